The van der Waals surface area contributed by atoms with E-state index in [4.69, 9.17) is 9.47 Å². The fourth-order valence-electron chi connectivity index (χ4n) is 2.13. The summed E-state index contributed by atoms with van der Waals surface area (Å²) in [6.07, 6.45) is 0.0953. The largest absolute Gasteiger partial charge is 0.376 e. The Balaban J connectivity index is 1.80. The van der Waals surface area contributed by atoms with Crippen LogP contribution in [0.5, 0.6) is 0 Å². The second kappa shape index (κ2) is 5.22. The summed E-state index contributed by atoms with van der Waals surface area (Å²) in [5, 5.41) is 0. The van der Waals surface area contributed by atoms with Crippen molar-refractivity contribution in [2.75, 3.05) is 19.8 Å². The van der Waals surface area contributed by atoms with Crippen LogP contribution in [0, 0.1) is 6.92 Å². The van der Waals surface area contributed by atoms with Gasteiger partial charge in [0.1, 0.15) is 6.10 Å². The van der Waals surface area contributed by atoms with E-state index >= 15 is 0 Å². The highest BCUT2D eigenvalue weighted by molar-refractivity contribution is 7.15. The van der Waals surface area contributed by atoms with Crippen LogP contribution in [0.2, 0.25) is 0 Å². The highest BCUT2D eigenvalue weighted by Gasteiger charge is 2.16. The molecule has 1 saturated heterocycles. The van der Waals surface area contributed by atoms with Crippen LogP contribution in [-0.2, 0) is 9.47 Å². The third-order valence-corrected chi connectivity index (χ3v) is 4.17. The minimum Gasteiger partial charge on any atom is -0.376 e. The third kappa shape index (κ3) is 2.48. The molecule has 1 aromatic carbocycles. The van der Waals surface area contributed by atoms with Gasteiger partial charge in [0.15, 0.2) is 0 Å². The topological polar surface area (TPSA) is 18.5 Å². The molecular weight excluding hydrogens is 244 g/mol. The zero-order chi connectivity index (χ0) is 12.4. The van der Waals surface area contributed by atoms with E-state index in [0.717, 1.165) is 0 Å². The lowest BCUT2D eigenvalue weighted by atomic mass is 10.1. The molecule has 2 aromatic rings. The van der Waals surface area contributed by atoms with Crippen molar-refractivity contribution in [2.24, 2.45) is 0 Å². The van der Waals surface area contributed by atoms with Crippen LogP contribution < -0.4 is 0 Å². The van der Waals surface area contributed by atoms with Gasteiger partial charge in [0.25, 0.3) is 0 Å². The quantitative estimate of drug-likeness (QED) is 0.817. The van der Waals surface area contributed by atoms with E-state index in [1.165, 1.54) is 20.9 Å². The first-order valence-corrected chi connectivity index (χ1v) is 7.01. The summed E-state index contributed by atoms with van der Waals surface area (Å²) >= 11 is 1.83. The molecule has 0 aliphatic carbocycles. The number of aryl methyl sites for hydroxylation is 1. The smallest absolute Gasteiger partial charge is 0.106 e. The van der Waals surface area contributed by atoms with Gasteiger partial charge in [-0.2, -0.15) is 0 Å². The fourth-order valence-corrected chi connectivity index (χ4v) is 3.00. The molecular formula is C15H16O2S. The van der Waals surface area contributed by atoms with Crippen molar-refractivity contribution < 1.29 is 9.47 Å². The average molecular weight is 260 g/mol. The predicted octanol–water partition coefficient (Wildman–Crippen LogP) is 3.81. The van der Waals surface area contributed by atoms with Crippen molar-refractivity contribution in [2.45, 2.75) is 13.0 Å². The van der Waals surface area contributed by atoms with Gasteiger partial charge in [-0.3, -0.25) is 0 Å². The first-order valence-electron chi connectivity index (χ1n) is 6.19. The monoisotopic (exact) mass is 260 g/mol. The zero-order valence-corrected chi connectivity index (χ0v) is 11.2. The van der Waals surface area contributed by atoms with Crippen LogP contribution in [0.15, 0.2) is 36.4 Å². The molecule has 0 saturated carbocycles. The SMILES string of the molecule is Cc1ccc(-c2ccc(C3COCCO3)cc2)s1. The molecule has 18 heavy (non-hydrogen) atoms. The molecule has 0 amide bonds. The van der Waals surface area contributed by atoms with E-state index in [1.54, 1.807) is 0 Å². The number of rotatable bonds is 2. The van der Waals surface area contributed by atoms with Crippen LogP contribution in [-0.4, -0.2) is 19.8 Å². The lowest BCUT2D eigenvalue weighted by Gasteiger charge is -2.23. The Bertz CT molecular complexity index is 510. The molecule has 0 N–H and O–H groups in total. The highest BCUT2D eigenvalue weighted by atomic mass is 32.1. The highest BCUT2D eigenvalue weighted by Crippen LogP contribution is 2.29. The Hall–Kier alpha value is -1.16. The zero-order valence-electron chi connectivity index (χ0n) is 10.4. The van der Waals surface area contributed by atoms with E-state index < -0.39 is 0 Å². The molecule has 0 radical (unpaired) electrons. The fraction of sp³-hybridized carbons (Fsp3) is 0.333. The average Bonchev–Trinajstić information content (AvgIpc) is 2.87. The Kier molecular flexibility index (Phi) is 3.46. The molecule has 2 nitrogen and oxygen atoms in total. The van der Waals surface area contributed by atoms with E-state index in [1.807, 2.05) is 11.3 Å². The Morgan fingerprint density at radius 2 is 1.89 bits per heavy atom. The van der Waals surface area contributed by atoms with Crippen molar-refractivity contribution in [3.63, 3.8) is 0 Å². The lowest BCUT2D eigenvalue weighted by Crippen LogP contribution is -2.21. The van der Waals surface area contributed by atoms with Gasteiger partial charge in [-0.1, -0.05) is 24.3 Å². The second-order valence-corrected chi connectivity index (χ2v) is 5.75. The van der Waals surface area contributed by atoms with Crippen LogP contribution in [0.3, 0.4) is 0 Å². The third-order valence-electron chi connectivity index (χ3n) is 3.12. The molecule has 2 heterocycles. The van der Waals surface area contributed by atoms with E-state index in [9.17, 15) is 0 Å². The summed E-state index contributed by atoms with van der Waals surface area (Å²) in [5.74, 6) is 0. The van der Waals surface area contributed by atoms with E-state index in [-0.39, 0.29) is 6.10 Å². The molecule has 1 aromatic heterocycles. The van der Waals surface area contributed by atoms with Crippen LogP contribution in [0.4, 0.5) is 0 Å². The summed E-state index contributed by atoms with van der Waals surface area (Å²) in [5.41, 5.74) is 2.47. The molecule has 1 atom stereocenters. The molecule has 94 valence electrons. The number of ether oxygens (including phenoxy) is 2. The first kappa shape index (κ1) is 11.9. The minimum absolute atomic E-state index is 0.0953. The van der Waals surface area contributed by atoms with Gasteiger partial charge < -0.3 is 9.47 Å². The normalized spacial score (nSPS) is 19.9. The summed E-state index contributed by atoms with van der Waals surface area (Å²) < 4.78 is 11.1. The van der Waals surface area contributed by atoms with Crippen molar-refractivity contribution in [1.82, 2.24) is 0 Å². The van der Waals surface area contributed by atoms with Crippen molar-refractivity contribution in [1.29, 1.82) is 0 Å². The summed E-state index contributed by atoms with van der Waals surface area (Å²) in [4.78, 5) is 2.66. The minimum atomic E-state index is 0.0953. The van der Waals surface area contributed by atoms with E-state index in [2.05, 4.69) is 43.3 Å². The molecule has 1 aliphatic rings. The Morgan fingerprint density at radius 3 is 2.50 bits per heavy atom. The summed E-state index contributed by atoms with van der Waals surface area (Å²) in [7, 11) is 0. The van der Waals surface area contributed by atoms with E-state index in [0.29, 0.717) is 19.8 Å². The van der Waals surface area contributed by atoms with Gasteiger partial charge in [0.05, 0.1) is 19.8 Å². The number of hydrogen-bond donors (Lipinski definition) is 0. The van der Waals surface area contributed by atoms with Gasteiger partial charge in [0, 0.05) is 9.75 Å². The maximum Gasteiger partial charge on any atom is 0.106 e. The Morgan fingerprint density at radius 1 is 1.06 bits per heavy atom. The van der Waals surface area contributed by atoms with Gasteiger partial charge >= 0.3 is 0 Å². The molecule has 1 fully saturated rings. The molecule has 0 bridgehead atoms. The van der Waals surface area contributed by atoms with Crippen LogP contribution >= 0.6 is 11.3 Å². The predicted molar refractivity (Wildman–Crippen MR) is 74.0 cm³/mol. The maximum atomic E-state index is 5.69. The van der Waals surface area contributed by atoms with Gasteiger partial charge in [0.2, 0.25) is 0 Å². The molecule has 1 aliphatic heterocycles. The van der Waals surface area contributed by atoms with Gasteiger partial charge in [-0.25, -0.2) is 0 Å². The molecule has 3 rings (SSSR count). The maximum absolute atomic E-state index is 5.69. The van der Waals surface area contributed by atoms with Crippen LogP contribution in [0.1, 0.15) is 16.5 Å². The molecule has 0 spiro atoms. The number of hydrogen-bond acceptors (Lipinski definition) is 3. The number of thiophene rings is 1. The van der Waals surface area contributed by atoms with Crippen molar-refractivity contribution in [3.8, 4) is 10.4 Å². The van der Waals surface area contributed by atoms with Gasteiger partial charge in [-0.15, -0.1) is 11.3 Å². The first-order chi connectivity index (χ1) is 8.83. The molecule has 3 heteroatoms. The van der Waals surface area contributed by atoms with Crippen molar-refractivity contribution in [3.05, 3.63) is 46.8 Å². The van der Waals surface area contributed by atoms with Gasteiger partial charge in [-0.05, 0) is 30.2 Å². The second-order valence-electron chi connectivity index (χ2n) is 4.47. The summed E-state index contributed by atoms with van der Waals surface area (Å²) in [6.45, 7) is 4.20. The molecule has 1 unspecified atom stereocenters. The van der Waals surface area contributed by atoms with Crippen LogP contribution in [0.25, 0.3) is 10.4 Å². The number of benzene rings is 1. The lowest BCUT2D eigenvalue weighted by molar-refractivity contribution is -0.0901. The Labute approximate surface area is 111 Å². The van der Waals surface area contributed by atoms with Crippen molar-refractivity contribution >= 4 is 11.3 Å². The standard InChI is InChI=1S/C15H16O2S/c1-11-2-7-15(18-11)13-5-3-12(4-6-13)14-10-16-8-9-17-14/h2-7,14H,8-10H2,1H3. The summed E-state index contributed by atoms with van der Waals surface area (Å²) in [6, 6.07) is 13.0.